The predicted molar refractivity (Wildman–Crippen MR) is 160 cm³/mol. The third-order valence-electron chi connectivity index (χ3n) is 10.3. The van der Waals surface area contributed by atoms with E-state index in [1.165, 1.54) is 12.1 Å². The van der Waals surface area contributed by atoms with E-state index in [0.717, 1.165) is 32.2 Å². The zero-order valence-electron chi connectivity index (χ0n) is 24.5. The molecule has 8 nitrogen and oxygen atoms in total. The Hall–Kier alpha value is -3.88. The zero-order chi connectivity index (χ0) is 30.3. The maximum absolute atomic E-state index is 16.8. The number of nitrogens with zero attached hydrogens (tertiary/aromatic N) is 5. The van der Waals surface area contributed by atoms with Crippen LogP contribution in [0, 0.1) is 24.0 Å². The molecule has 2 bridgehead atoms. The highest BCUT2D eigenvalue weighted by Crippen LogP contribution is 2.43. The molecule has 0 amide bonds. The molecule has 1 unspecified atom stereocenters. The minimum absolute atomic E-state index is 0.00396. The van der Waals surface area contributed by atoms with Gasteiger partial charge in [-0.25, -0.2) is 18.2 Å². The standard InChI is InChI=1S/C33H33F3N6O2/c1-4-21-22(35)8-6-17(2)25(21)18(3)28-27(36)29-26-30(42-14-20-7-9-23(37-20)24(42)15-43-31(26)38-28)40-32(39-29)44-16-33-10-5-11-41(33)13-19(34)12-33/h1,6,8,19-20,23-24,37H,2,5,7,9-16H2,3H3/b25-18-/t19-,20?,23-,24-,33+/m0/s1. The lowest BCUT2D eigenvalue weighted by Crippen LogP contribution is -2.60. The second-order valence-corrected chi connectivity index (χ2v) is 12.8. The molecule has 11 heteroatoms. The number of rotatable bonds is 4. The van der Waals surface area contributed by atoms with Crippen molar-refractivity contribution in [1.82, 2.24) is 25.2 Å². The number of nitrogens with one attached hydrogen (secondary N) is 1. The van der Waals surface area contributed by atoms with E-state index in [4.69, 9.17) is 20.9 Å². The molecule has 7 heterocycles. The van der Waals surface area contributed by atoms with Crippen LogP contribution in [-0.4, -0.2) is 82.5 Å². The van der Waals surface area contributed by atoms with Crippen molar-refractivity contribution in [3.63, 3.8) is 0 Å². The Kier molecular flexibility index (Phi) is 6.33. The van der Waals surface area contributed by atoms with Crippen LogP contribution >= 0.6 is 0 Å². The van der Waals surface area contributed by atoms with Crippen LogP contribution in [0.3, 0.4) is 0 Å². The van der Waals surface area contributed by atoms with Crippen molar-refractivity contribution >= 4 is 28.9 Å². The minimum Gasteiger partial charge on any atom is -0.475 e. The van der Waals surface area contributed by atoms with Crippen LogP contribution in [0.1, 0.15) is 50.3 Å². The van der Waals surface area contributed by atoms with Crippen molar-refractivity contribution in [1.29, 1.82) is 0 Å². The van der Waals surface area contributed by atoms with Crippen LogP contribution in [0.2, 0.25) is 0 Å². The third kappa shape index (κ3) is 4.10. The van der Waals surface area contributed by atoms with Gasteiger partial charge in [0.15, 0.2) is 5.82 Å². The van der Waals surface area contributed by atoms with E-state index in [-0.39, 0.29) is 53.4 Å². The van der Waals surface area contributed by atoms with Crippen LogP contribution in [0.15, 0.2) is 12.1 Å². The largest absolute Gasteiger partial charge is 0.475 e. The van der Waals surface area contributed by atoms with Gasteiger partial charge in [-0.3, -0.25) is 4.90 Å². The second-order valence-electron chi connectivity index (χ2n) is 12.8. The second kappa shape index (κ2) is 10.1. The number of anilines is 1. The average Bonchev–Trinajstić information content (AvgIpc) is 3.65. The van der Waals surface area contributed by atoms with Crippen LogP contribution < -0.4 is 30.1 Å². The molecule has 5 atom stereocenters. The molecule has 4 saturated heterocycles. The lowest BCUT2D eigenvalue weighted by Gasteiger charge is -2.40. The topological polar surface area (TPSA) is 75.6 Å². The first-order valence-corrected chi connectivity index (χ1v) is 15.3. The molecule has 2 aromatic heterocycles. The number of ether oxygens (including phenoxy) is 2. The first kappa shape index (κ1) is 27.7. The number of halogens is 3. The monoisotopic (exact) mass is 602 g/mol. The third-order valence-corrected chi connectivity index (χ3v) is 10.3. The number of aromatic nitrogens is 3. The van der Waals surface area contributed by atoms with E-state index in [2.05, 4.69) is 37.6 Å². The normalized spacial score (nSPS) is 29.6. The molecule has 3 aromatic rings. The van der Waals surface area contributed by atoms with Gasteiger partial charge in [-0.1, -0.05) is 18.6 Å². The van der Waals surface area contributed by atoms with Crippen molar-refractivity contribution in [3.05, 3.63) is 45.5 Å². The van der Waals surface area contributed by atoms with Gasteiger partial charge in [0.05, 0.1) is 17.1 Å². The SMILES string of the molecule is C#Cc1c(F)ccc(=C)/c1=C(\C)c1nc2c3c(nc(OC[C@]45CCCN4C[C@@H](F)C5)nc3c1F)N1CC3CC[C@H](N3)[C@@H]1CO2. The highest BCUT2D eigenvalue weighted by atomic mass is 19.1. The lowest BCUT2D eigenvalue weighted by atomic mass is 9.95. The minimum atomic E-state index is -0.906. The lowest BCUT2D eigenvalue weighted by molar-refractivity contribution is 0.107. The molecule has 4 fully saturated rings. The molecule has 0 aliphatic carbocycles. The summed E-state index contributed by atoms with van der Waals surface area (Å²) in [4.78, 5) is 18.4. The van der Waals surface area contributed by atoms with Gasteiger partial charge in [0.2, 0.25) is 5.88 Å². The molecule has 228 valence electrons. The van der Waals surface area contributed by atoms with E-state index in [0.29, 0.717) is 53.3 Å². The van der Waals surface area contributed by atoms with E-state index >= 15 is 4.39 Å². The number of piperazine rings is 1. The summed E-state index contributed by atoms with van der Waals surface area (Å²) in [5.41, 5.74) is -0.191. The Morgan fingerprint density at radius 3 is 2.95 bits per heavy atom. The number of pyridine rings is 1. The Bertz CT molecular complexity index is 1860. The maximum Gasteiger partial charge on any atom is 0.319 e. The summed E-state index contributed by atoms with van der Waals surface area (Å²) in [6.45, 7) is 8.07. The first-order valence-electron chi connectivity index (χ1n) is 15.3. The first-order chi connectivity index (χ1) is 21.3. The molecule has 5 aliphatic rings. The molecule has 0 radical (unpaired) electrons. The van der Waals surface area contributed by atoms with Crippen molar-refractivity contribution < 1.29 is 22.6 Å². The number of alkyl halides is 1. The fourth-order valence-corrected chi connectivity index (χ4v) is 8.19. The summed E-state index contributed by atoms with van der Waals surface area (Å²) < 4.78 is 58.6. The Balaban J connectivity index is 1.32. The van der Waals surface area contributed by atoms with Gasteiger partial charge in [0.25, 0.3) is 0 Å². The number of hydrogen-bond acceptors (Lipinski definition) is 8. The fraction of sp³-hybridized carbons (Fsp3) is 0.485. The summed E-state index contributed by atoms with van der Waals surface area (Å²) in [6, 6.07) is 3.17. The highest BCUT2D eigenvalue weighted by Gasteiger charge is 2.50. The summed E-state index contributed by atoms with van der Waals surface area (Å²) in [5, 5.41) is 4.78. The number of hydrogen-bond donors (Lipinski definition) is 1. The summed E-state index contributed by atoms with van der Waals surface area (Å²) >= 11 is 0. The van der Waals surface area contributed by atoms with Crippen LogP contribution in [0.25, 0.3) is 23.1 Å². The van der Waals surface area contributed by atoms with Crippen LogP contribution in [0.5, 0.6) is 11.9 Å². The molecule has 8 rings (SSSR count). The Labute approximate surface area is 253 Å². The molecule has 0 spiro atoms. The number of benzene rings is 1. The summed E-state index contributed by atoms with van der Waals surface area (Å²) in [6.07, 6.45) is 8.98. The predicted octanol–water partition coefficient (Wildman–Crippen LogP) is 2.57. The molecular weight excluding hydrogens is 569 g/mol. The van der Waals surface area contributed by atoms with E-state index in [1.54, 1.807) is 6.92 Å². The maximum atomic E-state index is 16.8. The summed E-state index contributed by atoms with van der Waals surface area (Å²) in [7, 11) is 0. The smallest absolute Gasteiger partial charge is 0.319 e. The van der Waals surface area contributed by atoms with E-state index < -0.39 is 23.3 Å². The molecule has 5 aliphatic heterocycles. The van der Waals surface area contributed by atoms with Gasteiger partial charge >= 0.3 is 6.01 Å². The van der Waals surface area contributed by atoms with Gasteiger partial charge in [-0.05, 0) is 56.0 Å². The van der Waals surface area contributed by atoms with Crippen LogP contribution in [0.4, 0.5) is 19.0 Å². The van der Waals surface area contributed by atoms with Crippen LogP contribution in [-0.2, 0) is 0 Å². The van der Waals surface area contributed by atoms with Gasteiger partial charge in [-0.2, -0.15) is 9.97 Å². The Morgan fingerprint density at radius 2 is 2.11 bits per heavy atom. The van der Waals surface area contributed by atoms with Crippen molar-refractivity contribution in [2.24, 2.45) is 0 Å². The molecule has 1 N–H and O–H groups in total. The van der Waals surface area contributed by atoms with Crippen molar-refractivity contribution in [2.75, 3.05) is 37.7 Å². The zero-order valence-corrected chi connectivity index (χ0v) is 24.5. The quantitative estimate of drug-likeness (QED) is 0.457. The van der Waals surface area contributed by atoms with Crippen molar-refractivity contribution in [3.8, 4) is 24.2 Å². The van der Waals surface area contributed by atoms with E-state index in [9.17, 15) is 8.78 Å². The van der Waals surface area contributed by atoms with Gasteiger partial charge in [0.1, 0.15) is 47.6 Å². The van der Waals surface area contributed by atoms with Crippen molar-refractivity contribution in [2.45, 2.75) is 68.9 Å². The highest BCUT2D eigenvalue weighted by molar-refractivity contribution is 5.96. The van der Waals surface area contributed by atoms with E-state index in [1.807, 2.05) is 0 Å². The fourth-order valence-electron chi connectivity index (χ4n) is 8.19. The molecule has 44 heavy (non-hydrogen) atoms. The van der Waals surface area contributed by atoms with Gasteiger partial charge < -0.3 is 19.7 Å². The molecule has 1 aromatic carbocycles. The average molecular weight is 603 g/mol. The Morgan fingerprint density at radius 1 is 1.25 bits per heavy atom. The van der Waals surface area contributed by atoms with Gasteiger partial charge in [-0.15, -0.1) is 6.42 Å². The number of fused-ring (bicyclic) bond motifs is 6. The summed E-state index contributed by atoms with van der Waals surface area (Å²) in [5.74, 6) is 1.78. The van der Waals surface area contributed by atoms with Gasteiger partial charge in [0, 0.05) is 36.8 Å². The molecule has 0 saturated carbocycles. The molecular formula is C33H33F3N6O2. The number of terminal acetylenes is 1.